The van der Waals surface area contributed by atoms with Gasteiger partial charge in [-0.2, -0.15) is 0 Å². The van der Waals surface area contributed by atoms with Gasteiger partial charge in [0.1, 0.15) is 0 Å². The summed E-state index contributed by atoms with van der Waals surface area (Å²) >= 11 is 0.389. The Morgan fingerprint density at radius 2 is 1.14 bits per heavy atom. The molecule has 0 aliphatic heterocycles. The van der Waals surface area contributed by atoms with E-state index in [4.69, 9.17) is 0 Å². The van der Waals surface area contributed by atoms with Crippen molar-refractivity contribution in [3.63, 3.8) is 0 Å². The third kappa shape index (κ3) is 6.56. The Morgan fingerprint density at radius 1 is 0.857 bits per heavy atom. The van der Waals surface area contributed by atoms with Crippen molar-refractivity contribution in [2.24, 2.45) is 0 Å². The molecular formula is C6H15As. The first-order chi connectivity index (χ1) is 3.13. The molecule has 0 N–H and O–H groups in total. The normalized spacial score (nSPS) is 11.1. The molecule has 0 saturated carbocycles. The van der Waals surface area contributed by atoms with Gasteiger partial charge in [-0.15, -0.1) is 0 Å². The summed E-state index contributed by atoms with van der Waals surface area (Å²) in [4.78, 5) is 0. The average molecular weight is 162 g/mol. The summed E-state index contributed by atoms with van der Waals surface area (Å²) < 4.78 is 2.00. The van der Waals surface area contributed by atoms with Gasteiger partial charge in [0.15, 0.2) is 0 Å². The van der Waals surface area contributed by atoms with Crippen molar-refractivity contribution < 1.29 is 0 Å². The first-order valence-electron chi connectivity index (χ1n) is 2.89. The van der Waals surface area contributed by atoms with E-state index in [0.717, 1.165) is 9.41 Å². The predicted molar refractivity (Wildman–Crippen MR) is 37.3 cm³/mol. The van der Waals surface area contributed by atoms with Gasteiger partial charge in [0.25, 0.3) is 0 Å². The van der Waals surface area contributed by atoms with Gasteiger partial charge in [-0.3, -0.25) is 0 Å². The Hall–Kier alpha value is 0.558. The van der Waals surface area contributed by atoms with Crippen molar-refractivity contribution >= 4 is 15.8 Å². The molecule has 0 atom stereocenters. The summed E-state index contributed by atoms with van der Waals surface area (Å²) in [6, 6.07) is 0. The van der Waals surface area contributed by atoms with E-state index in [1.807, 2.05) is 0 Å². The predicted octanol–water partition coefficient (Wildman–Crippen LogP) is 2.08. The summed E-state index contributed by atoms with van der Waals surface area (Å²) in [5.41, 5.74) is 0. The van der Waals surface area contributed by atoms with Crippen LogP contribution in [0.15, 0.2) is 0 Å². The van der Waals surface area contributed by atoms with Crippen LogP contribution in [0.5, 0.6) is 0 Å². The van der Waals surface area contributed by atoms with Gasteiger partial charge >= 0.3 is 52.9 Å². The van der Waals surface area contributed by atoms with Crippen LogP contribution in [0.1, 0.15) is 27.7 Å². The maximum atomic E-state index is 2.32. The van der Waals surface area contributed by atoms with E-state index in [1.165, 1.54) is 0 Å². The molecule has 0 aliphatic carbocycles. The quantitative estimate of drug-likeness (QED) is 0.545. The van der Waals surface area contributed by atoms with Crippen molar-refractivity contribution in [1.82, 2.24) is 0 Å². The topological polar surface area (TPSA) is 0 Å². The van der Waals surface area contributed by atoms with Crippen LogP contribution in [-0.4, -0.2) is 15.8 Å². The molecule has 0 saturated heterocycles. The zero-order valence-electron chi connectivity index (χ0n) is 5.65. The molecule has 0 nitrogen and oxygen atoms in total. The molecular weight excluding hydrogens is 147 g/mol. The molecule has 0 aromatic rings. The second-order valence-electron chi connectivity index (χ2n) is 2.48. The van der Waals surface area contributed by atoms with Gasteiger partial charge < -0.3 is 0 Å². The van der Waals surface area contributed by atoms with Crippen LogP contribution >= 0.6 is 0 Å². The number of rotatable bonds is 2. The second kappa shape index (κ2) is 3.55. The van der Waals surface area contributed by atoms with Crippen LogP contribution in [0.25, 0.3) is 0 Å². The first-order valence-corrected chi connectivity index (χ1v) is 5.31. The van der Waals surface area contributed by atoms with Crippen LogP contribution in [0.4, 0.5) is 0 Å². The SMILES string of the molecule is CC(C)[AsH]C(C)C. The minimum atomic E-state index is 0.389. The van der Waals surface area contributed by atoms with Crippen LogP contribution in [0, 0.1) is 0 Å². The molecule has 7 heavy (non-hydrogen) atoms. The Balaban J connectivity index is 2.95. The summed E-state index contributed by atoms with van der Waals surface area (Å²) in [6.07, 6.45) is 0. The van der Waals surface area contributed by atoms with Gasteiger partial charge in [0, 0.05) is 0 Å². The monoisotopic (exact) mass is 162 g/mol. The molecule has 0 aliphatic rings. The molecule has 1 heteroatoms. The molecule has 0 fully saturated rings. The summed E-state index contributed by atoms with van der Waals surface area (Å²) in [5, 5.41) is 0. The van der Waals surface area contributed by atoms with E-state index < -0.39 is 0 Å². The number of hydrogen-bond donors (Lipinski definition) is 0. The molecule has 0 rings (SSSR count). The van der Waals surface area contributed by atoms with Crippen molar-refractivity contribution in [3.8, 4) is 0 Å². The van der Waals surface area contributed by atoms with Crippen molar-refractivity contribution in [2.75, 3.05) is 0 Å². The zero-order valence-corrected chi connectivity index (χ0v) is 7.75. The molecule has 0 unspecified atom stereocenters. The van der Waals surface area contributed by atoms with Gasteiger partial charge in [-0.1, -0.05) is 0 Å². The van der Waals surface area contributed by atoms with E-state index in [9.17, 15) is 0 Å². The van der Waals surface area contributed by atoms with Crippen molar-refractivity contribution in [1.29, 1.82) is 0 Å². The fraction of sp³-hybridized carbons (Fsp3) is 1.00. The van der Waals surface area contributed by atoms with Gasteiger partial charge in [0.05, 0.1) is 0 Å². The second-order valence-corrected chi connectivity index (χ2v) is 8.02. The van der Waals surface area contributed by atoms with Gasteiger partial charge in [-0.25, -0.2) is 0 Å². The Labute approximate surface area is 53.4 Å². The van der Waals surface area contributed by atoms with E-state index >= 15 is 0 Å². The number of hydrogen-bond acceptors (Lipinski definition) is 0. The average Bonchev–Trinajstić information content (AvgIpc) is 1.27. The Bertz CT molecular complexity index is 33.4. The maximum absolute atomic E-state index is 2.32. The van der Waals surface area contributed by atoms with Gasteiger partial charge in [0.2, 0.25) is 0 Å². The van der Waals surface area contributed by atoms with Crippen molar-refractivity contribution in [2.45, 2.75) is 37.1 Å². The fourth-order valence-corrected chi connectivity index (χ4v) is 3.46. The van der Waals surface area contributed by atoms with Crippen LogP contribution < -0.4 is 0 Å². The third-order valence-electron chi connectivity index (χ3n) is 0.667. The van der Waals surface area contributed by atoms with Gasteiger partial charge in [-0.05, 0) is 0 Å². The third-order valence-corrected chi connectivity index (χ3v) is 3.46. The molecule has 0 aromatic heterocycles. The van der Waals surface area contributed by atoms with Crippen molar-refractivity contribution in [3.05, 3.63) is 0 Å². The molecule has 0 aromatic carbocycles. The molecule has 0 spiro atoms. The van der Waals surface area contributed by atoms with E-state index in [1.54, 1.807) is 0 Å². The van der Waals surface area contributed by atoms with E-state index in [2.05, 4.69) is 27.7 Å². The molecule has 0 bridgehead atoms. The molecule has 0 radical (unpaired) electrons. The molecule has 0 heterocycles. The summed E-state index contributed by atoms with van der Waals surface area (Å²) in [6.45, 7) is 9.28. The first kappa shape index (κ1) is 7.56. The summed E-state index contributed by atoms with van der Waals surface area (Å²) in [7, 11) is 0. The van der Waals surface area contributed by atoms with Crippen LogP contribution in [0.2, 0.25) is 9.41 Å². The van der Waals surface area contributed by atoms with E-state index in [-0.39, 0.29) is 0 Å². The summed E-state index contributed by atoms with van der Waals surface area (Å²) in [5.74, 6) is 0. The fourth-order valence-electron chi connectivity index (χ4n) is 0.667. The zero-order chi connectivity index (χ0) is 5.86. The Kier molecular flexibility index (Phi) is 3.83. The van der Waals surface area contributed by atoms with Crippen LogP contribution in [-0.2, 0) is 0 Å². The van der Waals surface area contributed by atoms with E-state index in [0.29, 0.717) is 15.8 Å². The Morgan fingerprint density at radius 3 is 1.14 bits per heavy atom. The standard InChI is InChI=1S/C6H15As/c1-5(2)7-6(3)4/h5-7H,1-4H3. The molecule has 44 valence electrons. The minimum absolute atomic E-state index is 0.389. The van der Waals surface area contributed by atoms with Crippen LogP contribution in [0.3, 0.4) is 0 Å². The molecule has 0 amide bonds.